The van der Waals surface area contributed by atoms with Crippen LogP contribution in [-0.2, 0) is 13.1 Å². The molecule has 0 N–H and O–H groups in total. The zero-order valence-electron chi connectivity index (χ0n) is 15.1. The van der Waals surface area contributed by atoms with Crippen molar-refractivity contribution in [3.8, 4) is 0 Å². The van der Waals surface area contributed by atoms with Gasteiger partial charge in [-0.05, 0) is 44.2 Å². The molecule has 1 saturated carbocycles. The molecule has 0 aromatic heterocycles. The summed E-state index contributed by atoms with van der Waals surface area (Å²) in [5.41, 5.74) is 2.20. The number of urea groups is 1. The predicted molar refractivity (Wildman–Crippen MR) is 100 cm³/mol. The molecule has 2 aliphatic rings. The van der Waals surface area contributed by atoms with Crippen molar-refractivity contribution in [3.63, 3.8) is 0 Å². The molecule has 25 heavy (non-hydrogen) atoms. The fraction of sp³-hybridized carbons (Fsp3) is 0.409. The van der Waals surface area contributed by atoms with Gasteiger partial charge in [-0.15, -0.1) is 0 Å². The van der Waals surface area contributed by atoms with Gasteiger partial charge in [0.15, 0.2) is 0 Å². The molecule has 2 aromatic rings. The second-order valence-corrected chi connectivity index (χ2v) is 7.83. The summed E-state index contributed by atoms with van der Waals surface area (Å²) in [6.07, 6.45) is 3.33. The molecule has 0 unspecified atom stereocenters. The lowest BCUT2D eigenvalue weighted by Crippen LogP contribution is -2.53. The number of nitrogens with zero attached hydrogens (tertiary/aromatic N) is 2. The van der Waals surface area contributed by atoms with Crippen molar-refractivity contribution in [1.29, 1.82) is 0 Å². The van der Waals surface area contributed by atoms with Crippen molar-refractivity contribution in [3.05, 3.63) is 71.8 Å². The monoisotopic (exact) mass is 334 g/mol. The van der Waals surface area contributed by atoms with Crippen molar-refractivity contribution in [2.75, 3.05) is 0 Å². The van der Waals surface area contributed by atoms with Gasteiger partial charge in [0, 0.05) is 13.1 Å². The maximum atomic E-state index is 13.4. The summed E-state index contributed by atoms with van der Waals surface area (Å²) >= 11 is 0. The van der Waals surface area contributed by atoms with Crippen molar-refractivity contribution >= 4 is 6.03 Å². The van der Waals surface area contributed by atoms with Gasteiger partial charge in [0.05, 0.1) is 11.1 Å². The van der Waals surface area contributed by atoms with E-state index < -0.39 is 0 Å². The number of hydrogen-bond acceptors (Lipinski definition) is 1. The third-order valence-corrected chi connectivity index (χ3v) is 6.51. The molecule has 1 saturated heterocycles. The van der Waals surface area contributed by atoms with Crippen molar-refractivity contribution in [2.45, 2.75) is 57.3 Å². The minimum atomic E-state index is -0.102. The normalized spacial score (nSPS) is 28.5. The molecule has 1 aliphatic heterocycles. The van der Waals surface area contributed by atoms with Crippen LogP contribution in [0, 0.1) is 0 Å². The Balaban J connectivity index is 1.68. The van der Waals surface area contributed by atoms with Crippen LogP contribution in [0.2, 0.25) is 0 Å². The van der Waals surface area contributed by atoms with E-state index in [1.54, 1.807) is 0 Å². The highest BCUT2D eigenvalue weighted by Gasteiger charge is 2.63. The number of carbonyl (C=O) groups is 1. The highest BCUT2D eigenvalue weighted by Crippen LogP contribution is 2.53. The molecule has 0 radical (unpaired) electrons. The number of carbonyl (C=O) groups excluding carboxylic acids is 1. The quantitative estimate of drug-likeness (QED) is 0.786. The van der Waals surface area contributed by atoms with E-state index in [9.17, 15) is 4.79 Å². The first-order chi connectivity index (χ1) is 12.0. The van der Waals surface area contributed by atoms with Gasteiger partial charge in [-0.1, -0.05) is 60.7 Å². The van der Waals surface area contributed by atoms with Crippen molar-refractivity contribution < 1.29 is 4.79 Å². The summed E-state index contributed by atoms with van der Waals surface area (Å²) in [6, 6.07) is 20.9. The predicted octanol–water partition coefficient (Wildman–Crippen LogP) is 4.83. The summed E-state index contributed by atoms with van der Waals surface area (Å²) in [5.74, 6) is 0. The highest BCUT2D eigenvalue weighted by molar-refractivity contribution is 5.80. The van der Waals surface area contributed by atoms with Crippen LogP contribution in [0.3, 0.4) is 0 Å². The topological polar surface area (TPSA) is 23.6 Å². The summed E-state index contributed by atoms with van der Waals surface area (Å²) in [5, 5.41) is 0. The summed E-state index contributed by atoms with van der Waals surface area (Å²) in [4.78, 5) is 17.6. The lowest BCUT2D eigenvalue weighted by atomic mass is 9.82. The van der Waals surface area contributed by atoms with Gasteiger partial charge in [-0.2, -0.15) is 0 Å². The van der Waals surface area contributed by atoms with E-state index >= 15 is 0 Å². The maximum Gasteiger partial charge on any atom is 0.321 e. The van der Waals surface area contributed by atoms with Crippen LogP contribution in [0.4, 0.5) is 4.79 Å². The minimum absolute atomic E-state index is 0.102. The molecule has 3 heteroatoms. The second kappa shape index (κ2) is 5.91. The maximum absolute atomic E-state index is 13.4. The van der Waals surface area contributed by atoms with Crippen LogP contribution in [0.15, 0.2) is 60.7 Å². The minimum Gasteiger partial charge on any atom is -0.313 e. The fourth-order valence-corrected chi connectivity index (χ4v) is 4.75. The Morgan fingerprint density at radius 1 is 0.760 bits per heavy atom. The van der Waals surface area contributed by atoms with Gasteiger partial charge in [-0.25, -0.2) is 4.79 Å². The molecule has 2 fully saturated rings. The first-order valence-electron chi connectivity index (χ1n) is 9.22. The molecule has 2 atom stereocenters. The number of hydrogen-bond donors (Lipinski definition) is 0. The molecule has 2 amide bonds. The Morgan fingerprint density at radius 3 is 1.56 bits per heavy atom. The fourth-order valence-electron chi connectivity index (χ4n) is 4.75. The van der Waals surface area contributed by atoms with Crippen LogP contribution in [0.25, 0.3) is 0 Å². The van der Waals surface area contributed by atoms with Crippen molar-refractivity contribution in [1.82, 2.24) is 9.80 Å². The molecule has 0 bridgehead atoms. The molecule has 1 heterocycles. The molecular formula is C22H26N2O. The Morgan fingerprint density at radius 2 is 1.16 bits per heavy atom. The number of fused-ring (bicyclic) bond motifs is 1. The van der Waals surface area contributed by atoms with E-state index in [2.05, 4.69) is 47.9 Å². The van der Waals surface area contributed by atoms with E-state index in [-0.39, 0.29) is 17.1 Å². The molecule has 0 spiro atoms. The average Bonchev–Trinajstić information content (AvgIpc) is 3.01. The molecule has 4 rings (SSSR count). The molecular weight excluding hydrogens is 308 g/mol. The van der Waals surface area contributed by atoms with Crippen molar-refractivity contribution in [2.24, 2.45) is 0 Å². The van der Waals surface area contributed by atoms with Gasteiger partial charge in [0.1, 0.15) is 0 Å². The number of amides is 2. The van der Waals surface area contributed by atoms with Gasteiger partial charge in [0.25, 0.3) is 0 Å². The van der Waals surface area contributed by atoms with E-state index in [0.717, 1.165) is 12.8 Å². The first-order valence-corrected chi connectivity index (χ1v) is 9.22. The Labute approximate surface area is 150 Å². The standard InChI is InChI=1S/C22H26N2O/c1-21-14-9-15-22(21,2)24(17-19-12-7-4-8-13-19)20(25)23(21)16-18-10-5-3-6-11-18/h3-8,10-13H,9,14-17H2,1-2H3/t21-,22+. The Kier molecular flexibility index (Phi) is 3.82. The third-order valence-electron chi connectivity index (χ3n) is 6.51. The Bertz CT molecular complexity index is 697. The highest BCUT2D eigenvalue weighted by atomic mass is 16.2. The van der Waals surface area contributed by atoms with Gasteiger partial charge < -0.3 is 9.80 Å². The second-order valence-electron chi connectivity index (χ2n) is 7.83. The van der Waals surface area contributed by atoms with Gasteiger partial charge >= 0.3 is 6.03 Å². The zero-order valence-corrected chi connectivity index (χ0v) is 15.1. The van der Waals surface area contributed by atoms with E-state index in [0.29, 0.717) is 13.1 Å². The summed E-state index contributed by atoms with van der Waals surface area (Å²) in [6.45, 7) is 5.95. The largest absolute Gasteiger partial charge is 0.321 e. The van der Waals surface area contributed by atoms with Crippen LogP contribution in [0.5, 0.6) is 0 Å². The average molecular weight is 334 g/mol. The van der Waals surface area contributed by atoms with Gasteiger partial charge in [0.2, 0.25) is 0 Å². The molecule has 1 aliphatic carbocycles. The van der Waals surface area contributed by atoms with E-state index in [4.69, 9.17) is 0 Å². The van der Waals surface area contributed by atoms with Crippen LogP contribution in [0.1, 0.15) is 44.2 Å². The number of rotatable bonds is 4. The lowest BCUT2D eigenvalue weighted by Gasteiger charge is -2.41. The van der Waals surface area contributed by atoms with E-state index in [1.165, 1.54) is 17.5 Å². The van der Waals surface area contributed by atoms with E-state index in [1.807, 2.05) is 36.4 Å². The van der Waals surface area contributed by atoms with Crippen LogP contribution in [-0.4, -0.2) is 26.9 Å². The SMILES string of the molecule is C[C@@]12CCC[C@]1(C)N(Cc1ccccc1)C(=O)N2Cc1ccccc1. The third kappa shape index (κ3) is 2.45. The van der Waals surface area contributed by atoms with Gasteiger partial charge in [-0.3, -0.25) is 0 Å². The van der Waals surface area contributed by atoms with Crippen LogP contribution < -0.4 is 0 Å². The molecule has 130 valence electrons. The first kappa shape index (κ1) is 16.2. The lowest BCUT2D eigenvalue weighted by molar-refractivity contribution is 0.101. The Hall–Kier alpha value is -2.29. The van der Waals surface area contributed by atoms with Crippen LogP contribution >= 0.6 is 0 Å². The molecule has 2 aromatic carbocycles. The summed E-state index contributed by atoms with van der Waals surface area (Å²) < 4.78 is 0. The molecule has 3 nitrogen and oxygen atoms in total. The smallest absolute Gasteiger partial charge is 0.313 e. The zero-order chi connectivity index (χ0) is 17.5. The number of benzene rings is 2. The summed E-state index contributed by atoms with van der Waals surface area (Å²) in [7, 11) is 0.